The van der Waals surface area contributed by atoms with Gasteiger partial charge in [-0.2, -0.15) is 5.10 Å². The van der Waals surface area contributed by atoms with Gasteiger partial charge in [0.1, 0.15) is 10.7 Å². The molecule has 0 aliphatic carbocycles. The first kappa shape index (κ1) is 15.5. The van der Waals surface area contributed by atoms with E-state index in [1.807, 2.05) is 0 Å². The van der Waals surface area contributed by atoms with Crippen molar-refractivity contribution in [2.24, 2.45) is 5.73 Å². The Morgan fingerprint density at radius 1 is 1.43 bits per heavy atom. The van der Waals surface area contributed by atoms with Gasteiger partial charge in [0.05, 0.1) is 18.4 Å². The lowest BCUT2D eigenvalue weighted by Crippen LogP contribution is -2.30. The number of nitrogens with zero attached hydrogens (tertiary/aromatic N) is 3. The van der Waals surface area contributed by atoms with E-state index in [1.165, 1.54) is 35.3 Å². The predicted molar refractivity (Wildman–Crippen MR) is 77.9 cm³/mol. The first-order valence-electron chi connectivity index (χ1n) is 6.50. The summed E-state index contributed by atoms with van der Waals surface area (Å²) in [4.78, 5) is 0.0575. The molecule has 0 aliphatic heterocycles. The molecule has 0 aliphatic rings. The number of nitrogens with two attached hydrogens (primary N) is 1. The molecule has 0 saturated heterocycles. The Morgan fingerprint density at radius 2 is 2.19 bits per heavy atom. The Bertz CT molecular complexity index is 714. The van der Waals surface area contributed by atoms with E-state index in [0.29, 0.717) is 13.1 Å². The van der Waals surface area contributed by atoms with Gasteiger partial charge in [-0.15, -0.1) is 0 Å². The second kappa shape index (κ2) is 6.23. The van der Waals surface area contributed by atoms with Crippen molar-refractivity contribution in [3.05, 3.63) is 42.5 Å². The van der Waals surface area contributed by atoms with E-state index in [9.17, 15) is 12.8 Å². The van der Waals surface area contributed by atoms with Gasteiger partial charge in [0.15, 0.2) is 0 Å². The first-order chi connectivity index (χ1) is 9.98. The van der Waals surface area contributed by atoms with Crippen LogP contribution < -0.4 is 10.0 Å². The van der Waals surface area contributed by atoms with E-state index >= 15 is 0 Å². The van der Waals surface area contributed by atoms with Crippen LogP contribution in [0.4, 0.5) is 10.1 Å². The van der Waals surface area contributed by atoms with E-state index in [4.69, 9.17) is 5.73 Å². The molecule has 21 heavy (non-hydrogen) atoms. The smallest absolute Gasteiger partial charge is 0.267 e. The average molecular weight is 312 g/mol. The summed E-state index contributed by atoms with van der Waals surface area (Å²) in [6, 6.07) is 5.48. The number of benzene rings is 1. The van der Waals surface area contributed by atoms with Gasteiger partial charge in [-0.1, -0.05) is 6.07 Å². The molecule has 0 atom stereocenters. The van der Waals surface area contributed by atoms with Crippen molar-refractivity contribution in [1.29, 1.82) is 0 Å². The zero-order chi connectivity index (χ0) is 15.5. The van der Waals surface area contributed by atoms with Crippen molar-refractivity contribution in [2.45, 2.75) is 18.4 Å². The Hall–Kier alpha value is -1.93. The molecule has 2 N–H and O–H groups in total. The van der Waals surface area contributed by atoms with Crippen LogP contribution in [0, 0.1) is 5.82 Å². The third-order valence-electron chi connectivity index (χ3n) is 2.94. The number of halogens is 1. The number of sulfonamides is 1. The van der Waals surface area contributed by atoms with Crippen LogP contribution in [0.2, 0.25) is 0 Å². The highest BCUT2D eigenvalue weighted by Crippen LogP contribution is 2.23. The number of rotatable bonds is 6. The van der Waals surface area contributed by atoms with Crippen LogP contribution in [-0.4, -0.2) is 31.3 Å². The summed E-state index contributed by atoms with van der Waals surface area (Å²) in [5.74, 6) is -0.486. The summed E-state index contributed by atoms with van der Waals surface area (Å²) in [6.07, 6.45) is 2.69. The van der Waals surface area contributed by atoms with Gasteiger partial charge in [-0.3, -0.25) is 8.99 Å². The fourth-order valence-electron chi connectivity index (χ4n) is 1.98. The molecule has 114 valence electrons. The van der Waals surface area contributed by atoms with Gasteiger partial charge >= 0.3 is 0 Å². The lowest BCUT2D eigenvalue weighted by Gasteiger charge is -2.21. The molecule has 1 aromatic heterocycles. The summed E-state index contributed by atoms with van der Waals surface area (Å²) in [5, 5.41) is 3.96. The SMILES string of the molecule is CCN(c1cccc(F)c1)S(=O)(=O)c1cnn(CCN)c1. The van der Waals surface area contributed by atoms with Gasteiger partial charge < -0.3 is 5.73 Å². The molecule has 6 nitrogen and oxygen atoms in total. The van der Waals surface area contributed by atoms with Crippen molar-refractivity contribution in [2.75, 3.05) is 17.4 Å². The minimum atomic E-state index is -3.78. The highest BCUT2D eigenvalue weighted by Gasteiger charge is 2.25. The van der Waals surface area contributed by atoms with Gasteiger partial charge in [0.25, 0.3) is 10.0 Å². The molecule has 8 heteroatoms. The maximum atomic E-state index is 13.3. The third-order valence-corrected chi connectivity index (χ3v) is 4.79. The Labute approximate surface area is 123 Å². The normalized spacial score (nSPS) is 11.6. The van der Waals surface area contributed by atoms with Gasteiger partial charge in [-0.05, 0) is 25.1 Å². The van der Waals surface area contributed by atoms with Crippen molar-refractivity contribution in [1.82, 2.24) is 9.78 Å². The quantitative estimate of drug-likeness (QED) is 0.869. The second-order valence-electron chi connectivity index (χ2n) is 4.38. The molecular formula is C13H17FN4O2S. The standard InChI is InChI=1S/C13H17FN4O2S/c1-2-18(12-5-3-4-11(14)8-12)21(19,20)13-9-16-17(10-13)7-6-15/h3-5,8-10H,2,6-7,15H2,1H3. The van der Waals surface area contributed by atoms with Crippen molar-refractivity contribution in [3.63, 3.8) is 0 Å². The van der Waals surface area contributed by atoms with Crippen LogP contribution in [0.15, 0.2) is 41.6 Å². The van der Waals surface area contributed by atoms with Gasteiger partial charge in [0.2, 0.25) is 0 Å². The van der Waals surface area contributed by atoms with Gasteiger partial charge in [0, 0.05) is 19.3 Å². The number of aromatic nitrogens is 2. The second-order valence-corrected chi connectivity index (χ2v) is 6.24. The molecule has 2 aromatic rings. The number of hydrogen-bond donors (Lipinski definition) is 1. The van der Waals surface area contributed by atoms with Gasteiger partial charge in [-0.25, -0.2) is 12.8 Å². The van der Waals surface area contributed by atoms with Crippen LogP contribution in [0.5, 0.6) is 0 Å². The van der Waals surface area contributed by atoms with Crippen LogP contribution in [-0.2, 0) is 16.6 Å². The fraction of sp³-hybridized carbons (Fsp3) is 0.308. The fourth-order valence-corrected chi connectivity index (χ4v) is 3.40. The summed E-state index contributed by atoms with van der Waals surface area (Å²) in [5.41, 5.74) is 5.69. The summed E-state index contributed by atoms with van der Waals surface area (Å²) >= 11 is 0. The minimum absolute atomic E-state index is 0.0575. The summed E-state index contributed by atoms with van der Waals surface area (Å²) in [7, 11) is -3.78. The molecular weight excluding hydrogens is 295 g/mol. The molecule has 0 amide bonds. The topological polar surface area (TPSA) is 81.2 Å². The average Bonchev–Trinajstić information content (AvgIpc) is 2.89. The lowest BCUT2D eigenvalue weighted by molar-refractivity contribution is 0.590. The van der Waals surface area contributed by atoms with E-state index in [0.717, 1.165) is 4.31 Å². The lowest BCUT2D eigenvalue weighted by atomic mass is 10.3. The maximum absolute atomic E-state index is 13.3. The molecule has 1 heterocycles. The van der Waals surface area contributed by atoms with E-state index in [1.54, 1.807) is 13.0 Å². The molecule has 2 rings (SSSR count). The minimum Gasteiger partial charge on any atom is -0.329 e. The van der Waals surface area contributed by atoms with Crippen LogP contribution in [0.1, 0.15) is 6.92 Å². The van der Waals surface area contributed by atoms with Crippen molar-refractivity contribution >= 4 is 15.7 Å². The highest BCUT2D eigenvalue weighted by molar-refractivity contribution is 7.92. The monoisotopic (exact) mass is 312 g/mol. The van der Waals surface area contributed by atoms with Crippen molar-refractivity contribution in [3.8, 4) is 0 Å². The molecule has 0 saturated carbocycles. The number of anilines is 1. The Balaban J connectivity index is 2.39. The number of hydrogen-bond acceptors (Lipinski definition) is 4. The van der Waals surface area contributed by atoms with E-state index in [-0.39, 0.29) is 17.1 Å². The zero-order valence-electron chi connectivity index (χ0n) is 11.6. The maximum Gasteiger partial charge on any atom is 0.267 e. The molecule has 0 bridgehead atoms. The molecule has 0 spiro atoms. The third kappa shape index (κ3) is 3.22. The van der Waals surface area contributed by atoms with Crippen molar-refractivity contribution < 1.29 is 12.8 Å². The molecule has 0 fully saturated rings. The Morgan fingerprint density at radius 3 is 2.81 bits per heavy atom. The van der Waals surface area contributed by atoms with Crippen LogP contribution in [0.3, 0.4) is 0 Å². The van der Waals surface area contributed by atoms with Crippen LogP contribution >= 0.6 is 0 Å². The van der Waals surface area contributed by atoms with Crippen LogP contribution in [0.25, 0.3) is 0 Å². The summed E-state index contributed by atoms with van der Waals surface area (Å²) in [6.45, 7) is 2.67. The highest BCUT2D eigenvalue weighted by atomic mass is 32.2. The van der Waals surface area contributed by atoms with E-state index < -0.39 is 15.8 Å². The predicted octanol–water partition coefficient (Wildman–Crippen LogP) is 1.20. The molecule has 0 radical (unpaired) electrons. The largest absolute Gasteiger partial charge is 0.329 e. The van der Waals surface area contributed by atoms with E-state index in [2.05, 4.69) is 5.10 Å². The Kier molecular flexibility index (Phi) is 4.59. The molecule has 0 unspecified atom stereocenters. The first-order valence-corrected chi connectivity index (χ1v) is 7.94. The summed E-state index contributed by atoms with van der Waals surface area (Å²) < 4.78 is 41.1. The molecule has 1 aromatic carbocycles. The zero-order valence-corrected chi connectivity index (χ0v) is 12.4.